The molecule has 0 saturated heterocycles. The van der Waals surface area contributed by atoms with Crippen molar-refractivity contribution in [3.63, 3.8) is 0 Å². The summed E-state index contributed by atoms with van der Waals surface area (Å²) in [4.78, 5) is 10.7. The zero-order valence-electron chi connectivity index (χ0n) is 8.33. The second-order valence-electron chi connectivity index (χ2n) is 3.04. The Hall–Kier alpha value is -1.26. The van der Waals surface area contributed by atoms with Gasteiger partial charge >= 0.3 is 5.97 Å². The van der Waals surface area contributed by atoms with Crippen molar-refractivity contribution in [2.75, 3.05) is 18.9 Å². The van der Waals surface area contributed by atoms with Crippen LogP contribution in [0.2, 0.25) is 5.02 Å². The fraction of sp³-hybridized carbons (Fsp3) is 0.300. The zero-order chi connectivity index (χ0) is 11.3. The van der Waals surface area contributed by atoms with E-state index in [0.29, 0.717) is 5.02 Å². The van der Waals surface area contributed by atoms with Gasteiger partial charge in [-0.2, -0.15) is 0 Å². The van der Waals surface area contributed by atoms with Crippen LogP contribution in [-0.2, 0) is 4.79 Å². The van der Waals surface area contributed by atoms with Gasteiger partial charge in [-0.3, -0.25) is 4.79 Å². The Bertz CT molecular complexity index is 344. The molecule has 0 aromatic heterocycles. The van der Waals surface area contributed by atoms with Crippen LogP contribution in [0.5, 0.6) is 0 Å². The number of anilines is 1. The first-order valence-electron chi connectivity index (χ1n) is 4.53. The molecule has 1 unspecified atom stereocenters. The van der Waals surface area contributed by atoms with Crippen LogP contribution in [0.25, 0.3) is 0 Å². The van der Waals surface area contributed by atoms with Crippen LogP contribution < -0.4 is 10.6 Å². The van der Waals surface area contributed by atoms with Gasteiger partial charge in [0.2, 0.25) is 0 Å². The molecule has 0 fully saturated rings. The van der Waals surface area contributed by atoms with Crippen LogP contribution in [0.3, 0.4) is 0 Å². The van der Waals surface area contributed by atoms with E-state index in [4.69, 9.17) is 16.7 Å². The number of carboxylic acids is 1. The van der Waals surface area contributed by atoms with Crippen molar-refractivity contribution in [2.45, 2.75) is 6.04 Å². The third kappa shape index (κ3) is 3.42. The Morgan fingerprint density at radius 1 is 1.53 bits per heavy atom. The fourth-order valence-corrected chi connectivity index (χ4v) is 1.33. The van der Waals surface area contributed by atoms with Gasteiger partial charge in [0.25, 0.3) is 0 Å². The number of nitrogens with one attached hydrogen (secondary N) is 2. The monoisotopic (exact) mass is 228 g/mol. The summed E-state index contributed by atoms with van der Waals surface area (Å²) < 4.78 is 0. The number of halogens is 1. The molecule has 1 rings (SSSR count). The molecule has 4 nitrogen and oxygen atoms in total. The molecule has 1 aromatic rings. The number of carboxylic acid groups (broad SMARTS) is 1. The number of hydrogen-bond donors (Lipinski definition) is 3. The highest BCUT2D eigenvalue weighted by Crippen LogP contribution is 2.19. The van der Waals surface area contributed by atoms with E-state index in [0.717, 1.165) is 5.69 Å². The first-order valence-corrected chi connectivity index (χ1v) is 4.91. The van der Waals surface area contributed by atoms with Crippen molar-refractivity contribution in [3.05, 3.63) is 29.3 Å². The van der Waals surface area contributed by atoms with Crippen molar-refractivity contribution in [1.82, 2.24) is 5.32 Å². The van der Waals surface area contributed by atoms with E-state index in [1.165, 1.54) is 0 Å². The maximum atomic E-state index is 10.7. The van der Waals surface area contributed by atoms with Crippen molar-refractivity contribution in [3.8, 4) is 0 Å². The van der Waals surface area contributed by atoms with Gasteiger partial charge in [-0.15, -0.1) is 0 Å². The zero-order valence-corrected chi connectivity index (χ0v) is 9.08. The van der Waals surface area contributed by atoms with Crippen LogP contribution >= 0.6 is 11.6 Å². The van der Waals surface area contributed by atoms with Crippen molar-refractivity contribution >= 4 is 23.3 Å². The van der Waals surface area contributed by atoms with Gasteiger partial charge in [-0.1, -0.05) is 23.7 Å². The summed E-state index contributed by atoms with van der Waals surface area (Å²) >= 11 is 5.90. The van der Waals surface area contributed by atoms with E-state index in [-0.39, 0.29) is 6.54 Å². The Morgan fingerprint density at radius 2 is 2.20 bits per heavy atom. The smallest absolute Gasteiger partial charge is 0.322 e. The molecular weight excluding hydrogens is 216 g/mol. The quantitative estimate of drug-likeness (QED) is 0.714. The fourth-order valence-electron chi connectivity index (χ4n) is 1.13. The first kappa shape index (κ1) is 11.8. The minimum Gasteiger partial charge on any atom is -0.480 e. The second-order valence-corrected chi connectivity index (χ2v) is 3.45. The Labute approximate surface area is 93.2 Å². The van der Waals surface area contributed by atoms with Crippen LogP contribution in [0.1, 0.15) is 0 Å². The molecule has 0 radical (unpaired) electrons. The summed E-state index contributed by atoms with van der Waals surface area (Å²) in [5.74, 6) is -0.892. The van der Waals surface area contributed by atoms with Crippen LogP contribution in [0, 0.1) is 0 Å². The number of carbonyl (C=O) groups is 1. The maximum absolute atomic E-state index is 10.7. The van der Waals surface area contributed by atoms with Crippen LogP contribution in [0.4, 0.5) is 5.69 Å². The molecule has 82 valence electrons. The van der Waals surface area contributed by atoms with Gasteiger partial charge in [0, 0.05) is 6.54 Å². The second kappa shape index (κ2) is 5.58. The summed E-state index contributed by atoms with van der Waals surface area (Å²) in [5, 5.41) is 15.0. The molecule has 0 amide bonds. The number of hydrogen-bond acceptors (Lipinski definition) is 3. The Balaban J connectivity index is 2.56. The lowest BCUT2D eigenvalue weighted by Crippen LogP contribution is -2.39. The Kier molecular flexibility index (Phi) is 4.39. The molecule has 1 atom stereocenters. The molecule has 0 aliphatic heterocycles. The lowest BCUT2D eigenvalue weighted by Gasteiger charge is -2.13. The molecule has 0 spiro atoms. The standard InChI is InChI=1S/C10H13ClN2O2/c1-12-9(10(14)15)6-13-8-5-3-2-4-7(8)11/h2-5,9,12-13H,6H2,1H3,(H,14,15). The van der Waals surface area contributed by atoms with Crippen molar-refractivity contribution < 1.29 is 9.90 Å². The molecule has 5 heteroatoms. The van der Waals surface area contributed by atoms with Gasteiger partial charge in [0.05, 0.1) is 10.7 Å². The normalized spacial score (nSPS) is 12.1. The molecular formula is C10H13ClN2O2. The number of para-hydroxylation sites is 1. The van der Waals surface area contributed by atoms with Gasteiger partial charge < -0.3 is 15.7 Å². The van der Waals surface area contributed by atoms with E-state index in [9.17, 15) is 4.79 Å². The Morgan fingerprint density at radius 3 is 2.73 bits per heavy atom. The average Bonchev–Trinajstić information content (AvgIpc) is 2.21. The van der Waals surface area contributed by atoms with E-state index in [1.807, 2.05) is 12.1 Å². The van der Waals surface area contributed by atoms with E-state index >= 15 is 0 Å². The highest BCUT2D eigenvalue weighted by atomic mass is 35.5. The number of benzene rings is 1. The lowest BCUT2D eigenvalue weighted by atomic mass is 10.2. The molecule has 15 heavy (non-hydrogen) atoms. The number of likely N-dealkylation sites (N-methyl/N-ethyl adjacent to an activating group) is 1. The summed E-state index contributed by atoms with van der Waals surface area (Å²) in [5.41, 5.74) is 0.737. The van der Waals surface area contributed by atoms with E-state index < -0.39 is 12.0 Å². The van der Waals surface area contributed by atoms with Gasteiger partial charge in [-0.05, 0) is 19.2 Å². The SMILES string of the molecule is CNC(CNc1ccccc1Cl)C(=O)O. The molecule has 1 aromatic carbocycles. The van der Waals surface area contributed by atoms with E-state index in [2.05, 4.69) is 10.6 Å². The highest BCUT2D eigenvalue weighted by Gasteiger charge is 2.14. The first-order chi connectivity index (χ1) is 7.15. The molecule has 3 N–H and O–H groups in total. The topological polar surface area (TPSA) is 61.4 Å². The third-order valence-electron chi connectivity index (χ3n) is 2.02. The molecule has 0 heterocycles. The van der Waals surface area contributed by atoms with Crippen LogP contribution in [-0.4, -0.2) is 30.7 Å². The molecule has 0 saturated carbocycles. The summed E-state index contributed by atoms with van der Waals surface area (Å²) in [6, 6.07) is 6.58. The minimum absolute atomic E-state index is 0.287. The minimum atomic E-state index is -0.892. The number of rotatable bonds is 5. The lowest BCUT2D eigenvalue weighted by molar-refractivity contribution is -0.138. The molecule has 0 aliphatic rings. The molecule has 0 bridgehead atoms. The van der Waals surface area contributed by atoms with E-state index in [1.54, 1.807) is 19.2 Å². The van der Waals surface area contributed by atoms with Crippen molar-refractivity contribution in [2.24, 2.45) is 0 Å². The number of aliphatic carboxylic acids is 1. The predicted molar refractivity (Wildman–Crippen MR) is 60.4 cm³/mol. The van der Waals surface area contributed by atoms with Crippen LogP contribution in [0.15, 0.2) is 24.3 Å². The average molecular weight is 229 g/mol. The van der Waals surface area contributed by atoms with Gasteiger partial charge in [-0.25, -0.2) is 0 Å². The largest absolute Gasteiger partial charge is 0.480 e. The predicted octanol–water partition coefficient (Wildman–Crippen LogP) is 1.42. The van der Waals surface area contributed by atoms with Gasteiger partial charge in [0.1, 0.15) is 6.04 Å². The highest BCUT2D eigenvalue weighted by molar-refractivity contribution is 6.33. The summed E-state index contributed by atoms with van der Waals surface area (Å²) in [6.45, 7) is 0.287. The van der Waals surface area contributed by atoms with Crippen molar-refractivity contribution in [1.29, 1.82) is 0 Å². The van der Waals surface area contributed by atoms with Gasteiger partial charge in [0.15, 0.2) is 0 Å². The molecule has 0 aliphatic carbocycles. The summed E-state index contributed by atoms with van der Waals surface area (Å²) in [6.07, 6.45) is 0. The maximum Gasteiger partial charge on any atom is 0.322 e. The third-order valence-corrected chi connectivity index (χ3v) is 2.35. The summed E-state index contributed by atoms with van der Waals surface area (Å²) in [7, 11) is 1.60.